The highest BCUT2D eigenvalue weighted by molar-refractivity contribution is 6.10. The molecule has 29 heavy (non-hydrogen) atoms. The van der Waals surface area contributed by atoms with E-state index < -0.39 is 10.7 Å². The van der Waals surface area contributed by atoms with Crippen molar-refractivity contribution in [1.82, 2.24) is 9.47 Å². The van der Waals surface area contributed by atoms with Crippen molar-refractivity contribution in [1.29, 1.82) is 0 Å². The third-order valence-electron chi connectivity index (χ3n) is 5.49. The molecule has 2 aromatic carbocycles. The maximum atomic E-state index is 12.7. The first-order valence-electron chi connectivity index (χ1n) is 9.57. The van der Waals surface area contributed by atoms with E-state index in [0.29, 0.717) is 34.8 Å². The van der Waals surface area contributed by atoms with Crippen molar-refractivity contribution in [3.05, 3.63) is 74.3 Å². The number of aromatic nitrogens is 1. The van der Waals surface area contributed by atoms with Crippen LogP contribution in [0.3, 0.4) is 0 Å². The van der Waals surface area contributed by atoms with Crippen LogP contribution in [0.15, 0.2) is 51.7 Å². The Kier molecular flexibility index (Phi) is 5.02. The summed E-state index contributed by atoms with van der Waals surface area (Å²) in [6.45, 7) is 4.59. The Morgan fingerprint density at radius 1 is 1.14 bits per heavy atom. The zero-order valence-corrected chi connectivity index (χ0v) is 16.0. The van der Waals surface area contributed by atoms with Gasteiger partial charge in [0.1, 0.15) is 0 Å². The smallest absolute Gasteiger partial charge is 0.408 e. The maximum Gasteiger partial charge on any atom is 0.421 e. The van der Waals surface area contributed by atoms with Crippen molar-refractivity contribution in [2.75, 3.05) is 13.1 Å². The number of benzene rings is 2. The van der Waals surface area contributed by atoms with Gasteiger partial charge in [0.2, 0.25) is 0 Å². The number of carbonyl (C=O) groups is 1. The fourth-order valence-corrected chi connectivity index (χ4v) is 3.65. The van der Waals surface area contributed by atoms with Crippen LogP contribution in [0.25, 0.3) is 11.1 Å². The molecule has 4 rings (SSSR count). The van der Waals surface area contributed by atoms with Crippen molar-refractivity contribution in [3.8, 4) is 0 Å². The molecule has 8 nitrogen and oxygen atoms in total. The van der Waals surface area contributed by atoms with E-state index in [-0.39, 0.29) is 11.5 Å². The van der Waals surface area contributed by atoms with E-state index in [1.807, 2.05) is 0 Å². The van der Waals surface area contributed by atoms with Gasteiger partial charge in [-0.1, -0.05) is 6.92 Å². The number of oxazole rings is 1. The molecule has 2 heterocycles. The molecule has 0 spiro atoms. The Bertz CT molecular complexity index is 1120. The summed E-state index contributed by atoms with van der Waals surface area (Å²) in [5.74, 6) is -0.0298. The van der Waals surface area contributed by atoms with E-state index >= 15 is 0 Å². The van der Waals surface area contributed by atoms with Gasteiger partial charge in [-0.3, -0.25) is 24.4 Å². The lowest BCUT2D eigenvalue weighted by atomic mass is 10.00. The van der Waals surface area contributed by atoms with Gasteiger partial charge in [0.25, 0.3) is 5.69 Å². The molecule has 0 saturated carbocycles. The van der Waals surface area contributed by atoms with Crippen LogP contribution in [0, 0.1) is 16.0 Å². The Labute approximate surface area is 166 Å². The Balaban J connectivity index is 1.59. The van der Waals surface area contributed by atoms with Crippen molar-refractivity contribution in [3.63, 3.8) is 0 Å². The standard InChI is InChI=1S/C21H21N3O5/c1-14-8-10-22(11-9-14)13-23-18-7-4-16(12-19(18)29-21(23)26)20(25)15-2-5-17(6-3-15)24(27)28/h2-7,12,14H,8-11,13H2,1H3. The Morgan fingerprint density at radius 3 is 2.45 bits per heavy atom. The first kappa shape index (κ1) is 19.1. The van der Waals surface area contributed by atoms with Crippen LogP contribution in [-0.4, -0.2) is 33.3 Å². The van der Waals surface area contributed by atoms with Gasteiger partial charge in [-0.2, -0.15) is 0 Å². The van der Waals surface area contributed by atoms with Crippen molar-refractivity contribution < 1.29 is 14.1 Å². The molecule has 1 aliphatic heterocycles. The summed E-state index contributed by atoms with van der Waals surface area (Å²) in [6.07, 6.45) is 2.22. The summed E-state index contributed by atoms with van der Waals surface area (Å²) in [6, 6.07) is 10.3. The number of nitro benzene ring substituents is 1. The molecule has 0 bridgehead atoms. The summed E-state index contributed by atoms with van der Waals surface area (Å²) >= 11 is 0. The highest BCUT2D eigenvalue weighted by Gasteiger charge is 2.19. The van der Waals surface area contributed by atoms with Crippen LogP contribution in [-0.2, 0) is 6.67 Å². The van der Waals surface area contributed by atoms with Gasteiger partial charge < -0.3 is 4.42 Å². The molecule has 0 radical (unpaired) electrons. The number of nitro groups is 1. The SMILES string of the molecule is CC1CCN(Cn2c(=O)oc3cc(C(=O)c4ccc([N+](=O)[O-])cc4)ccc32)CC1. The van der Waals surface area contributed by atoms with Crippen molar-refractivity contribution in [2.24, 2.45) is 5.92 Å². The topological polar surface area (TPSA) is 98.6 Å². The number of ketones is 1. The fraction of sp³-hybridized carbons (Fsp3) is 0.333. The average molecular weight is 395 g/mol. The largest absolute Gasteiger partial charge is 0.421 e. The highest BCUT2D eigenvalue weighted by atomic mass is 16.6. The number of hydrogen-bond acceptors (Lipinski definition) is 6. The zero-order chi connectivity index (χ0) is 20.5. The molecular weight excluding hydrogens is 374 g/mol. The molecule has 0 aliphatic carbocycles. The molecule has 1 fully saturated rings. The number of fused-ring (bicyclic) bond motifs is 1. The van der Waals surface area contributed by atoms with E-state index in [4.69, 9.17) is 4.42 Å². The molecular formula is C21H21N3O5. The highest BCUT2D eigenvalue weighted by Crippen LogP contribution is 2.21. The van der Waals surface area contributed by atoms with Gasteiger partial charge in [0.15, 0.2) is 11.4 Å². The van der Waals surface area contributed by atoms with Crippen LogP contribution in [0.1, 0.15) is 35.7 Å². The Morgan fingerprint density at radius 2 is 1.79 bits per heavy atom. The second kappa shape index (κ2) is 7.63. The molecule has 0 amide bonds. The minimum Gasteiger partial charge on any atom is -0.408 e. The van der Waals surface area contributed by atoms with E-state index in [1.54, 1.807) is 22.8 Å². The molecule has 0 N–H and O–H groups in total. The third-order valence-corrected chi connectivity index (χ3v) is 5.49. The van der Waals surface area contributed by atoms with E-state index in [0.717, 1.165) is 25.9 Å². The number of nitrogens with zero attached hydrogens (tertiary/aromatic N) is 3. The van der Waals surface area contributed by atoms with Gasteiger partial charge in [-0.15, -0.1) is 0 Å². The van der Waals surface area contributed by atoms with E-state index in [9.17, 15) is 19.7 Å². The second-order valence-electron chi connectivity index (χ2n) is 7.55. The van der Waals surface area contributed by atoms with Crippen LogP contribution in [0.2, 0.25) is 0 Å². The zero-order valence-electron chi connectivity index (χ0n) is 16.0. The summed E-state index contributed by atoms with van der Waals surface area (Å²) in [5, 5.41) is 10.8. The summed E-state index contributed by atoms with van der Waals surface area (Å²) in [5.41, 5.74) is 1.62. The lowest BCUT2D eigenvalue weighted by Gasteiger charge is -2.29. The second-order valence-corrected chi connectivity index (χ2v) is 7.55. The number of piperidine rings is 1. The van der Waals surface area contributed by atoms with Crippen molar-refractivity contribution in [2.45, 2.75) is 26.4 Å². The molecule has 8 heteroatoms. The first-order valence-corrected chi connectivity index (χ1v) is 9.57. The third kappa shape index (κ3) is 3.84. The normalized spacial score (nSPS) is 15.6. The van der Waals surface area contributed by atoms with Crippen LogP contribution in [0.4, 0.5) is 5.69 Å². The van der Waals surface area contributed by atoms with Gasteiger partial charge in [-0.25, -0.2) is 4.79 Å². The van der Waals surface area contributed by atoms with Gasteiger partial charge in [-0.05, 0) is 49.1 Å². The number of rotatable bonds is 5. The van der Waals surface area contributed by atoms with E-state index in [1.165, 1.54) is 24.3 Å². The van der Waals surface area contributed by atoms with Crippen LogP contribution in [0.5, 0.6) is 0 Å². The molecule has 1 aliphatic rings. The first-order chi connectivity index (χ1) is 13.9. The van der Waals surface area contributed by atoms with Gasteiger partial charge >= 0.3 is 5.76 Å². The summed E-state index contributed by atoms with van der Waals surface area (Å²) < 4.78 is 6.97. The predicted octanol–water partition coefficient (Wildman–Crippen LogP) is 3.42. The monoisotopic (exact) mass is 395 g/mol. The lowest BCUT2D eigenvalue weighted by Crippen LogP contribution is -2.36. The quantitative estimate of drug-likeness (QED) is 0.373. The minimum absolute atomic E-state index is 0.0767. The molecule has 3 aromatic rings. The van der Waals surface area contributed by atoms with Gasteiger partial charge in [0, 0.05) is 36.3 Å². The molecule has 1 aromatic heterocycles. The molecule has 0 atom stereocenters. The number of carbonyl (C=O) groups excluding carboxylic acids is 1. The molecule has 1 saturated heterocycles. The fourth-order valence-electron chi connectivity index (χ4n) is 3.65. The number of likely N-dealkylation sites (tertiary alicyclic amines) is 1. The number of non-ortho nitro benzene ring substituents is 1. The van der Waals surface area contributed by atoms with Crippen LogP contribution < -0.4 is 5.76 Å². The van der Waals surface area contributed by atoms with Crippen LogP contribution >= 0.6 is 0 Å². The van der Waals surface area contributed by atoms with Crippen molar-refractivity contribution >= 4 is 22.6 Å². The average Bonchev–Trinajstić information content (AvgIpc) is 3.03. The van der Waals surface area contributed by atoms with Gasteiger partial charge in [0.05, 0.1) is 17.1 Å². The maximum absolute atomic E-state index is 12.7. The predicted molar refractivity (Wildman–Crippen MR) is 107 cm³/mol. The minimum atomic E-state index is -0.513. The summed E-state index contributed by atoms with van der Waals surface area (Å²) in [7, 11) is 0. The number of hydrogen-bond donors (Lipinski definition) is 0. The Hall–Kier alpha value is -3.26. The molecule has 150 valence electrons. The summed E-state index contributed by atoms with van der Waals surface area (Å²) in [4.78, 5) is 37.5. The molecule has 0 unspecified atom stereocenters. The lowest BCUT2D eigenvalue weighted by molar-refractivity contribution is -0.384. The van der Waals surface area contributed by atoms with E-state index in [2.05, 4.69) is 11.8 Å².